The first kappa shape index (κ1) is 19.2. The summed E-state index contributed by atoms with van der Waals surface area (Å²) >= 11 is 1.61. The Morgan fingerprint density at radius 3 is 2.48 bits per heavy atom. The van der Waals surface area contributed by atoms with Crippen LogP contribution < -0.4 is 15.4 Å². The zero-order chi connectivity index (χ0) is 17.1. The number of carbonyl (C=O) groups excluding carboxylic acids is 2. The molecule has 6 nitrogen and oxygen atoms in total. The van der Waals surface area contributed by atoms with Crippen molar-refractivity contribution in [1.82, 2.24) is 10.6 Å². The minimum Gasteiger partial charge on any atom is -0.497 e. The third-order valence-electron chi connectivity index (χ3n) is 3.26. The number of thioether (sulfide) groups is 1. The molecule has 2 N–H and O–H groups in total. The Labute approximate surface area is 141 Å². The van der Waals surface area contributed by atoms with Crippen molar-refractivity contribution in [3.05, 3.63) is 29.8 Å². The van der Waals surface area contributed by atoms with Gasteiger partial charge >= 0.3 is 12.0 Å². The number of urea groups is 1. The first-order valence-electron chi connectivity index (χ1n) is 7.34. The van der Waals surface area contributed by atoms with E-state index in [1.54, 1.807) is 18.9 Å². The Bertz CT molecular complexity index is 493. The number of rotatable bonds is 9. The van der Waals surface area contributed by atoms with Crippen molar-refractivity contribution in [1.29, 1.82) is 0 Å². The van der Waals surface area contributed by atoms with E-state index in [1.807, 2.05) is 30.5 Å². The minimum absolute atomic E-state index is 0.366. The van der Waals surface area contributed by atoms with Crippen molar-refractivity contribution in [3.63, 3.8) is 0 Å². The number of carbonyl (C=O) groups is 2. The van der Waals surface area contributed by atoms with E-state index in [1.165, 1.54) is 7.11 Å². The number of methoxy groups -OCH3 is 2. The zero-order valence-electron chi connectivity index (χ0n) is 13.8. The average Bonchev–Trinajstić information content (AvgIpc) is 2.58. The summed E-state index contributed by atoms with van der Waals surface area (Å²) in [6, 6.07) is 6.68. The molecule has 0 aliphatic heterocycles. The van der Waals surface area contributed by atoms with E-state index in [0.29, 0.717) is 19.4 Å². The van der Waals surface area contributed by atoms with Gasteiger partial charge in [-0.15, -0.1) is 0 Å². The van der Waals surface area contributed by atoms with Crippen LogP contribution in [-0.4, -0.2) is 50.8 Å². The van der Waals surface area contributed by atoms with E-state index in [9.17, 15) is 9.59 Å². The van der Waals surface area contributed by atoms with Gasteiger partial charge in [0.15, 0.2) is 0 Å². The molecule has 1 aromatic rings. The third-order valence-corrected chi connectivity index (χ3v) is 3.90. The van der Waals surface area contributed by atoms with Crippen LogP contribution in [0.25, 0.3) is 0 Å². The largest absolute Gasteiger partial charge is 0.497 e. The van der Waals surface area contributed by atoms with E-state index in [2.05, 4.69) is 10.6 Å². The Kier molecular flexibility index (Phi) is 8.97. The van der Waals surface area contributed by atoms with Crippen molar-refractivity contribution in [2.45, 2.75) is 18.9 Å². The smallest absolute Gasteiger partial charge is 0.328 e. The van der Waals surface area contributed by atoms with E-state index >= 15 is 0 Å². The molecule has 0 spiro atoms. The maximum atomic E-state index is 11.9. The lowest BCUT2D eigenvalue weighted by atomic mass is 10.1. The van der Waals surface area contributed by atoms with Crippen LogP contribution in [0.3, 0.4) is 0 Å². The van der Waals surface area contributed by atoms with Gasteiger partial charge < -0.3 is 20.1 Å². The van der Waals surface area contributed by atoms with Gasteiger partial charge in [-0.25, -0.2) is 9.59 Å². The van der Waals surface area contributed by atoms with E-state index < -0.39 is 12.0 Å². The van der Waals surface area contributed by atoms with Crippen LogP contribution in [-0.2, 0) is 16.0 Å². The monoisotopic (exact) mass is 340 g/mol. The van der Waals surface area contributed by atoms with Gasteiger partial charge in [-0.1, -0.05) is 12.1 Å². The van der Waals surface area contributed by atoms with Crippen LogP contribution in [0.15, 0.2) is 24.3 Å². The van der Waals surface area contributed by atoms with Gasteiger partial charge in [-0.05, 0) is 42.5 Å². The second-order valence-electron chi connectivity index (χ2n) is 4.86. The number of esters is 1. The van der Waals surface area contributed by atoms with E-state index in [4.69, 9.17) is 9.47 Å². The first-order valence-corrected chi connectivity index (χ1v) is 8.74. The molecule has 0 bridgehead atoms. The fraction of sp³-hybridized carbons (Fsp3) is 0.500. The minimum atomic E-state index is -0.617. The molecule has 0 radical (unpaired) electrons. The standard InChI is InChI=1S/C16H24N2O4S/c1-21-13-6-4-12(5-7-13)8-10-17-16(20)18-14(9-11-23-3)15(19)22-2/h4-7,14H,8-11H2,1-3H3,(H2,17,18,20)/t14-/m0/s1. The summed E-state index contributed by atoms with van der Waals surface area (Å²) < 4.78 is 9.80. The molecule has 0 heterocycles. The molecule has 0 fully saturated rings. The Morgan fingerprint density at radius 2 is 1.91 bits per heavy atom. The fourth-order valence-corrected chi connectivity index (χ4v) is 2.42. The molecule has 23 heavy (non-hydrogen) atoms. The third kappa shape index (κ3) is 7.27. The molecule has 128 valence electrons. The SMILES string of the molecule is COC(=O)[C@H](CCSC)NC(=O)NCCc1ccc(OC)cc1. The molecule has 0 unspecified atom stereocenters. The summed E-state index contributed by atoms with van der Waals surface area (Å²) in [6.45, 7) is 0.481. The Morgan fingerprint density at radius 1 is 1.22 bits per heavy atom. The highest BCUT2D eigenvalue weighted by Gasteiger charge is 2.20. The molecular weight excluding hydrogens is 316 g/mol. The highest BCUT2D eigenvalue weighted by Crippen LogP contribution is 2.11. The number of hydrogen-bond donors (Lipinski definition) is 2. The Hall–Kier alpha value is -1.89. The number of ether oxygens (including phenoxy) is 2. The number of amides is 2. The second kappa shape index (κ2) is 10.8. The number of benzene rings is 1. The van der Waals surface area contributed by atoms with Crippen molar-refractivity contribution in [2.24, 2.45) is 0 Å². The predicted molar refractivity (Wildman–Crippen MR) is 92.0 cm³/mol. The lowest BCUT2D eigenvalue weighted by Crippen LogP contribution is -2.47. The highest BCUT2D eigenvalue weighted by molar-refractivity contribution is 7.98. The normalized spacial score (nSPS) is 11.4. The van der Waals surface area contributed by atoms with Crippen molar-refractivity contribution in [3.8, 4) is 5.75 Å². The molecule has 0 aliphatic rings. The molecule has 0 saturated heterocycles. The maximum Gasteiger partial charge on any atom is 0.328 e. The average molecular weight is 340 g/mol. The lowest BCUT2D eigenvalue weighted by molar-refractivity contribution is -0.142. The molecule has 0 aliphatic carbocycles. The van der Waals surface area contributed by atoms with Crippen molar-refractivity contribution < 1.29 is 19.1 Å². The maximum absolute atomic E-state index is 11.9. The Balaban J connectivity index is 2.37. The van der Waals surface area contributed by atoms with Crippen LogP contribution >= 0.6 is 11.8 Å². The van der Waals surface area contributed by atoms with Crippen LogP contribution in [0.5, 0.6) is 5.75 Å². The van der Waals surface area contributed by atoms with Crippen LogP contribution in [0.4, 0.5) is 4.79 Å². The van der Waals surface area contributed by atoms with Gasteiger partial charge in [-0.2, -0.15) is 11.8 Å². The van der Waals surface area contributed by atoms with Crippen LogP contribution in [0, 0.1) is 0 Å². The highest BCUT2D eigenvalue weighted by atomic mass is 32.2. The van der Waals surface area contributed by atoms with Gasteiger partial charge in [-0.3, -0.25) is 0 Å². The molecule has 0 aromatic heterocycles. The summed E-state index contributed by atoms with van der Waals surface area (Å²) in [6.07, 6.45) is 3.19. The summed E-state index contributed by atoms with van der Waals surface area (Å²) in [5, 5.41) is 5.40. The second-order valence-corrected chi connectivity index (χ2v) is 5.84. The predicted octanol–water partition coefficient (Wildman–Crippen LogP) is 1.83. The zero-order valence-corrected chi connectivity index (χ0v) is 14.6. The van der Waals surface area contributed by atoms with E-state index in [-0.39, 0.29) is 6.03 Å². The summed E-state index contributed by atoms with van der Waals surface area (Å²) in [5.41, 5.74) is 1.10. The van der Waals surface area contributed by atoms with Crippen LogP contribution in [0.1, 0.15) is 12.0 Å². The molecule has 2 amide bonds. The van der Waals surface area contributed by atoms with Crippen LogP contribution in [0.2, 0.25) is 0 Å². The fourth-order valence-electron chi connectivity index (χ4n) is 1.95. The van der Waals surface area contributed by atoms with Crippen molar-refractivity contribution in [2.75, 3.05) is 32.8 Å². The van der Waals surface area contributed by atoms with Gasteiger partial charge in [0, 0.05) is 6.54 Å². The van der Waals surface area contributed by atoms with E-state index in [0.717, 1.165) is 17.1 Å². The topological polar surface area (TPSA) is 76.7 Å². The summed E-state index contributed by atoms with van der Waals surface area (Å²) in [4.78, 5) is 23.5. The molecule has 1 rings (SSSR count). The lowest BCUT2D eigenvalue weighted by Gasteiger charge is -2.16. The molecule has 0 saturated carbocycles. The number of nitrogens with one attached hydrogen (secondary N) is 2. The van der Waals surface area contributed by atoms with Gasteiger partial charge in [0.05, 0.1) is 14.2 Å². The number of hydrogen-bond acceptors (Lipinski definition) is 5. The quantitative estimate of drug-likeness (QED) is 0.671. The molecular formula is C16H24N2O4S. The van der Waals surface area contributed by atoms with Gasteiger partial charge in [0.2, 0.25) is 0 Å². The van der Waals surface area contributed by atoms with Gasteiger partial charge in [0.25, 0.3) is 0 Å². The first-order chi connectivity index (χ1) is 11.1. The van der Waals surface area contributed by atoms with Gasteiger partial charge in [0.1, 0.15) is 11.8 Å². The summed E-state index contributed by atoms with van der Waals surface area (Å²) in [5.74, 6) is 1.14. The van der Waals surface area contributed by atoms with Crippen molar-refractivity contribution >= 4 is 23.8 Å². The molecule has 7 heteroatoms. The molecule has 1 aromatic carbocycles. The summed E-state index contributed by atoms with van der Waals surface area (Å²) in [7, 11) is 2.94. The molecule has 1 atom stereocenters.